The molecule has 0 bridgehead atoms. The minimum atomic E-state index is -0.517. The average molecular weight is 167 g/mol. The topological polar surface area (TPSA) is 12.4 Å². The van der Waals surface area contributed by atoms with E-state index in [0.29, 0.717) is 11.3 Å². The second-order valence-electron chi connectivity index (χ2n) is 1.97. The molecule has 1 aromatic carbocycles. The highest BCUT2D eigenvalue weighted by atomic mass is 32.1. The fourth-order valence-electron chi connectivity index (χ4n) is 0.782. The number of aliphatic imine (C=N–C) groups is 1. The molecule has 0 aromatic heterocycles. The Morgan fingerprint density at radius 3 is 2.82 bits per heavy atom. The van der Waals surface area contributed by atoms with Crippen LogP contribution in [0.5, 0.6) is 0 Å². The second kappa shape index (κ2) is 3.96. The van der Waals surface area contributed by atoms with Crippen molar-refractivity contribution in [2.24, 2.45) is 4.99 Å². The largest absolute Gasteiger partial charge is 0.246 e. The van der Waals surface area contributed by atoms with E-state index < -0.39 is 6.67 Å². The molecule has 0 saturated heterocycles. The summed E-state index contributed by atoms with van der Waals surface area (Å²) in [6, 6.07) is 6.92. The number of nitrogens with zero attached hydrogens (tertiary/aromatic N) is 1. The van der Waals surface area contributed by atoms with Gasteiger partial charge in [0, 0.05) is 5.56 Å². The van der Waals surface area contributed by atoms with Gasteiger partial charge in [0.15, 0.2) is 0 Å². The zero-order valence-electron chi connectivity index (χ0n) is 5.75. The summed E-state index contributed by atoms with van der Waals surface area (Å²) in [5.74, 6) is 0. The van der Waals surface area contributed by atoms with Crippen LogP contribution < -0.4 is 0 Å². The number of hydrogen-bond acceptors (Lipinski definition) is 2. The zero-order valence-corrected chi connectivity index (χ0v) is 6.57. The van der Waals surface area contributed by atoms with Crippen LogP contribution in [0.15, 0.2) is 29.3 Å². The van der Waals surface area contributed by atoms with Gasteiger partial charge in [0.05, 0.1) is 10.8 Å². The van der Waals surface area contributed by atoms with E-state index in [-0.39, 0.29) is 0 Å². The molecule has 0 radical (unpaired) electrons. The van der Waals surface area contributed by atoms with E-state index in [1.165, 1.54) is 0 Å². The van der Waals surface area contributed by atoms with Gasteiger partial charge in [-0.25, -0.2) is 4.39 Å². The Bertz CT molecular complexity index is 292. The Morgan fingerprint density at radius 2 is 2.18 bits per heavy atom. The molecule has 1 nitrogen and oxygen atoms in total. The van der Waals surface area contributed by atoms with Crippen molar-refractivity contribution in [2.75, 3.05) is 0 Å². The summed E-state index contributed by atoms with van der Waals surface area (Å²) < 4.78 is 12.2. The van der Waals surface area contributed by atoms with Crippen molar-refractivity contribution in [1.82, 2.24) is 0 Å². The van der Waals surface area contributed by atoms with Crippen molar-refractivity contribution in [3.05, 3.63) is 29.8 Å². The first-order chi connectivity index (χ1) is 5.38. The molecule has 0 aliphatic carbocycles. The summed E-state index contributed by atoms with van der Waals surface area (Å²) in [5.41, 5.74) is 1.11. The van der Waals surface area contributed by atoms with E-state index >= 15 is 0 Å². The monoisotopic (exact) mass is 167 g/mol. The SMILES string of the molecule is FCc1ccccc1N=C=S. The van der Waals surface area contributed by atoms with Crippen molar-refractivity contribution in [3.63, 3.8) is 0 Å². The van der Waals surface area contributed by atoms with Crippen molar-refractivity contribution in [3.8, 4) is 0 Å². The molecule has 0 aliphatic heterocycles. The Labute approximate surface area is 69.6 Å². The lowest BCUT2D eigenvalue weighted by molar-refractivity contribution is 0.486. The molecular formula is C8H6FNS. The number of halogens is 1. The van der Waals surface area contributed by atoms with Gasteiger partial charge in [-0.2, -0.15) is 4.99 Å². The van der Waals surface area contributed by atoms with Gasteiger partial charge in [-0.15, -0.1) is 0 Å². The molecule has 0 unspecified atom stereocenters. The second-order valence-corrected chi connectivity index (χ2v) is 2.15. The third-order valence-electron chi connectivity index (χ3n) is 1.30. The van der Waals surface area contributed by atoms with Crippen molar-refractivity contribution in [1.29, 1.82) is 0 Å². The Hall–Kier alpha value is -1.05. The highest BCUT2D eigenvalue weighted by Gasteiger charge is 1.96. The Kier molecular flexibility index (Phi) is 2.90. The summed E-state index contributed by atoms with van der Waals surface area (Å²) in [6.45, 7) is -0.517. The molecule has 11 heavy (non-hydrogen) atoms. The van der Waals surface area contributed by atoms with Crippen LogP contribution in [0.2, 0.25) is 0 Å². The van der Waals surface area contributed by atoms with E-state index in [4.69, 9.17) is 0 Å². The predicted molar refractivity (Wildman–Crippen MR) is 45.9 cm³/mol. The maximum absolute atomic E-state index is 12.2. The summed E-state index contributed by atoms with van der Waals surface area (Å²) in [6.07, 6.45) is 0. The van der Waals surface area contributed by atoms with Gasteiger partial charge in [-0.1, -0.05) is 18.2 Å². The molecule has 1 aromatic rings. The number of rotatable bonds is 2. The van der Waals surface area contributed by atoms with Crippen molar-refractivity contribution in [2.45, 2.75) is 6.67 Å². The molecule has 1 rings (SSSR count). The quantitative estimate of drug-likeness (QED) is 0.487. The molecule has 0 spiro atoms. The number of alkyl halides is 1. The molecular weight excluding hydrogens is 161 g/mol. The molecule has 0 heterocycles. The van der Waals surface area contributed by atoms with Crippen LogP contribution in [0.4, 0.5) is 10.1 Å². The normalized spacial score (nSPS) is 8.82. The van der Waals surface area contributed by atoms with E-state index in [2.05, 4.69) is 22.4 Å². The summed E-state index contributed by atoms with van der Waals surface area (Å²) in [7, 11) is 0. The van der Waals surface area contributed by atoms with Gasteiger partial charge in [-0.3, -0.25) is 0 Å². The smallest absolute Gasteiger partial charge is 0.117 e. The first-order valence-electron chi connectivity index (χ1n) is 3.10. The van der Waals surface area contributed by atoms with Crippen LogP contribution in [-0.2, 0) is 6.67 Å². The van der Waals surface area contributed by atoms with Crippen molar-refractivity contribution < 1.29 is 4.39 Å². The summed E-state index contributed by atoms with van der Waals surface area (Å²) in [4.78, 5) is 3.70. The summed E-state index contributed by atoms with van der Waals surface area (Å²) in [5, 5.41) is 2.20. The van der Waals surface area contributed by atoms with E-state index in [1.807, 2.05) is 0 Å². The molecule has 0 atom stereocenters. The number of para-hydroxylation sites is 1. The van der Waals surface area contributed by atoms with Gasteiger partial charge in [-0.05, 0) is 18.3 Å². The van der Waals surface area contributed by atoms with E-state index in [0.717, 1.165) is 0 Å². The van der Waals surface area contributed by atoms with E-state index in [9.17, 15) is 4.39 Å². The molecule has 0 aliphatic rings. The lowest BCUT2D eigenvalue weighted by Gasteiger charge is -1.96. The first-order valence-corrected chi connectivity index (χ1v) is 3.51. The van der Waals surface area contributed by atoms with E-state index in [1.54, 1.807) is 24.3 Å². The minimum Gasteiger partial charge on any atom is -0.246 e. The fraction of sp³-hybridized carbons (Fsp3) is 0.125. The average Bonchev–Trinajstić information content (AvgIpc) is 2.06. The minimum absolute atomic E-state index is 0.517. The molecule has 0 amide bonds. The Morgan fingerprint density at radius 1 is 1.45 bits per heavy atom. The first kappa shape index (κ1) is 8.05. The van der Waals surface area contributed by atoms with Gasteiger partial charge < -0.3 is 0 Å². The van der Waals surface area contributed by atoms with Crippen LogP contribution in [0.3, 0.4) is 0 Å². The fourth-order valence-corrected chi connectivity index (χ4v) is 0.880. The molecule has 0 saturated carbocycles. The number of hydrogen-bond donors (Lipinski definition) is 0. The maximum atomic E-state index is 12.2. The van der Waals surface area contributed by atoms with Crippen LogP contribution in [0.1, 0.15) is 5.56 Å². The molecule has 0 N–H and O–H groups in total. The molecule has 56 valence electrons. The van der Waals surface area contributed by atoms with Gasteiger partial charge in [0.25, 0.3) is 0 Å². The van der Waals surface area contributed by atoms with Gasteiger partial charge >= 0.3 is 0 Å². The number of isothiocyanates is 1. The third kappa shape index (κ3) is 1.93. The van der Waals surface area contributed by atoms with Crippen LogP contribution in [0, 0.1) is 0 Å². The Balaban J connectivity index is 3.11. The maximum Gasteiger partial charge on any atom is 0.117 e. The van der Waals surface area contributed by atoms with Crippen LogP contribution >= 0.6 is 12.2 Å². The zero-order chi connectivity index (χ0) is 8.10. The standard InChI is InChI=1S/C8H6FNS/c9-5-7-3-1-2-4-8(7)10-6-11/h1-4H,5H2. The van der Waals surface area contributed by atoms with Gasteiger partial charge in [0.1, 0.15) is 6.67 Å². The number of thiocarbonyl (C=S) groups is 1. The molecule has 0 fully saturated rings. The predicted octanol–water partition coefficient (Wildman–Crippen LogP) is 2.89. The van der Waals surface area contributed by atoms with Crippen LogP contribution in [-0.4, -0.2) is 5.16 Å². The van der Waals surface area contributed by atoms with Gasteiger partial charge in [0.2, 0.25) is 0 Å². The molecule has 3 heteroatoms. The highest BCUT2D eigenvalue weighted by Crippen LogP contribution is 2.18. The van der Waals surface area contributed by atoms with Crippen molar-refractivity contribution >= 4 is 23.1 Å². The highest BCUT2D eigenvalue weighted by molar-refractivity contribution is 7.78. The third-order valence-corrected chi connectivity index (χ3v) is 1.39. The number of benzene rings is 1. The lowest BCUT2D eigenvalue weighted by Crippen LogP contribution is -1.77. The lowest BCUT2D eigenvalue weighted by atomic mass is 10.2. The summed E-state index contributed by atoms with van der Waals surface area (Å²) >= 11 is 4.40. The van der Waals surface area contributed by atoms with Crippen LogP contribution in [0.25, 0.3) is 0 Å².